The molecule has 140 valence electrons. The number of carbonyl (C=O) groups excluding carboxylic acids is 2. The Bertz CT molecular complexity index is 676. The molecule has 0 aliphatic carbocycles. The SMILES string of the molecule is O=C(O)c1ccccc1CCC(=O)N1CCN(C(=O)C2CCCO2)CC1. The van der Waals surface area contributed by atoms with E-state index in [4.69, 9.17) is 4.74 Å². The number of hydrogen-bond acceptors (Lipinski definition) is 4. The number of ether oxygens (including phenoxy) is 1. The number of aromatic carboxylic acids is 1. The molecule has 0 aromatic heterocycles. The van der Waals surface area contributed by atoms with Gasteiger partial charge in [0.25, 0.3) is 5.91 Å². The van der Waals surface area contributed by atoms with Gasteiger partial charge in [-0.15, -0.1) is 0 Å². The van der Waals surface area contributed by atoms with Crippen molar-refractivity contribution in [2.75, 3.05) is 32.8 Å². The highest BCUT2D eigenvalue weighted by Gasteiger charge is 2.31. The Balaban J connectivity index is 1.48. The van der Waals surface area contributed by atoms with Crippen molar-refractivity contribution in [2.24, 2.45) is 0 Å². The highest BCUT2D eigenvalue weighted by Crippen LogP contribution is 2.17. The molecule has 1 atom stereocenters. The summed E-state index contributed by atoms with van der Waals surface area (Å²) in [5, 5.41) is 9.21. The number of hydrogen-bond donors (Lipinski definition) is 1. The molecule has 2 fully saturated rings. The molecule has 3 rings (SSSR count). The first-order valence-corrected chi connectivity index (χ1v) is 9.05. The van der Waals surface area contributed by atoms with Crippen LogP contribution in [0, 0.1) is 0 Å². The minimum atomic E-state index is -0.977. The number of amides is 2. The zero-order chi connectivity index (χ0) is 18.5. The monoisotopic (exact) mass is 360 g/mol. The van der Waals surface area contributed by atoms with Crippen molar-refractivity contribution < 1.29 is 24.2 Å². The average molecular weight is 360 g/mol. The van der Waals surface area contributed by atoms with Crippen LogP contribution in [0.25, 0.3) is 0 Å². The number of aryl methyl sites for hydroxylation is 1. The summed E-state index contributed by atoms with van der Waals surface area (Å²) in [5.74, 6) is -0.950. The van der Waals surface area contributed by atoms with Gasteiger partial charge in [0.2, 0.25) is 5.91 Å². The first-order valence-electron chi connectivity index (χ1n) is 9.05. The lowest BCUT2D eigenvalue weighted by molar-refractivity contribution is -0.146. The zero-order valence-electron chi connectivity index (χ0n) is 14.7. The van der Waals surface area contributed by atoms with Crippen molar-refractivity contribution in [1.82, 2.24) is 9.80 Å². The number of carboxylic acids is 1. The maximum absolute atomic E-state index is 12.4. The topological polar surface area (TPSA) is 87.2 Å². The van der Waals surface area contributed by atoms with Crippen LogP contribution in [0.4, 0.5) is 0 Å². The molecular weight excluding hydrogens is 336 g/mol. The molecule has 0 spiro atoms. The number of carbonyl (C=O) groups is 3. The van der Waals surface area contributed by atoms with E-state index in [-0.39, 0.29) is 29.9 Å². The summed E-state index contributed by atoms with van der Waals surface area (Å²) in [4.78, 5) is 39.5. The maximum atomic E-state index is 12.4. The summed E-state index contributed by atoms with van der Waals surface area (Å²) in [5.41, 5.74) is 0.910. The van der Waals surface area contributed by atoms with Crippen molar-refractivity contribution >= 4 is 17.8 Å². The van der Waals surface area contributed by atoms with E-state index in [0.717, 1.165) is 12.8 Å². The van der Waals surface area contributed by atoms with E-state index in [0.29, 0.717) is 44.8 Å². The first-order chi connectivity index (χ1) is 12.6. The Morgan fingerprint density at radius 2 is 1.77 bits per heavy atom. The minimum absolute atomic E-state index is 0.00518. The summed E-state index contributed by atoms with van der Waals surface area (Å²) in [6, 6.07) is 6.76. The summed E-state index contributed by atoms with van der Waals surface area (Å²) in [6.45, 7) is 2.72. The van der Waals surface area contributed by atoms with Gasteiger partial charge >= 0.3 is 5.97 Å². The molecule has 1 aromatic rings. The second-order valence-corrected chi connectivity index (χ2v) is 6.67. The van der Waals surface area contributed by atoms with Gasteiger partial charge in [-0.05, 0) is 30.9 Å². The van der Waals surface area contributed by atoms with Gasteiger partial charge in [0.15, 0.2) is 0 Å². The van der Waals surface area contributed by atoms with Gasteiger partial charge in [0.05, 0.1) is 5.56 Å². The lowest BCUT2D eigenvalue weighted by Gasteiger charge is -2.35. The molecule has 0 radical (unpaired) electrons. The van der Waals surface area contributed by atoms with Crippen LogP contribution in [0.3, 0.4) is 0 Å². The molecule has 1 aromatic carbocycles. The summed E-state index contributed by atoms with van der Waals surface area (Å²) < 4.78 is 5.44. The molecule has 2 amide bonds. The first kappa shape index (κ1) is 18.4. The lowest BCUT2D eigenvalue weighted by Crippen LogP contribution is -2.52. The molecular formula is C19H24N2O5. The third-order valence-corrected chi connectivity index (χ3v) is 5.01. The number of benzene rings is 1. The van der Waals surface area contributed by atoms with Crippen molar-refractivity contribution in [2.45, 2.75) is 31.8 Å². The quantitative estimate of drug-likeness (QED) is 0.852. The Morgan fingerprint density at radius 3 is 2.42 bits per heavy atom. The molecule has 26 heavy (non-hydrogen) atoms. The molecule has 1 N–H and O–H groups in total. The van der Waals surface area contributed by atoms with E-state index in [9.17, 15) is 19.5 Å². The van der Waals surface area contributed by atoms with E-state index < -0.39 is 5.97 Å². The van der Waals surface area contributed by atoms with Gasteiger partial charge in [-0.1, -0.05) is 18.2 Å². The predicted molar refractivity (Wildman–Crippen MR) is 93.9 cm³/mol. The summed E-state index contributed by atoms with van der Waals surface area (Å²) in [7, 11) is 0. The molecule has 1 unspecified atom stereocenters. The second kappa shape index (κ2) is 8.31. The van der Waals surface area contributed by atoms with Gasteiger partial charge in [-0.25, -0.2) is 4.79 Å². The van der Waals surface area contributed by atoms with Gasteiger partial charge < -0.3 is 19.6 Å². The maximum Gasteiger partial charge on any atom is 0.335 e. The van der Waals surface area contributed by atoms with Crippen LogP contribution in [-0.2, 0) is 20.7 Å². The molecule has 0 saturated carbocycles. The van der Waals surface area contributed by atoms with Crippen LogP contribution in [0.15, 0.2) is 24.3 Å². The van der Waals surface area contributed by atoms with Gasteiger partial charge in [0, 0.05) is 39.2 Å². The Morgan fingerprint density at radius 1 is 1.08 bits per heavy atom. The number of rotatable bonds is 5. The fraction of sp³-hybridized carbons (Fsp3) is 0.526. The molecule has 0 bridgehead atoms. The van der Waals surface area contributed by atoms with Crippen molar-refractivity contribution in [3.05, 3.63) is 35.4 Å². The van der Waals surface area contributed by atoms with Crippen LogP contribution in [0.5, 0.6) is 0 Å². The third-order valence-electron chi connectivity index (χ3n) is 5.01. The fourth-order valence-electron chi connectivity index (χ4n) is 3.50. The Kier molecular flexibility index (Phi) is 5.88. The van der Waals surface area contributed by atoms with Crippen LogP contribution in [-0.4, -0.2) is 71.6 Å². The summed E-state index contributed by atoms with van der Waals surface area (Å²) in [6.07, 6.45) is 2.05. The lowest BCUT2D eigenvalue weighted by atomic mass is 10.0. The van der Waals surface area contributed by atoms with Crippen molar-refractivity contribution in [3.63, 3.8) is 0 Å². The second-order valence-electron chi connectivity index (χ2n) is 6.67. The molecule has 2 heterocycles. The highest BCUT2D eigenvalue weighted by molar-refractivity contribution is 5.89. The van der Waals surface area contributed by atoms with Gasteiger partial charge in [-0.3, -0.25) is 9.59 Å². The van der Waals surface area contributed by atoms with E-state index in [1.54, 1.807) is 34.1 Å². The van der Waals surface area contributed by atoms with E-state index in [1.165, 1.54) is 0 Å². The smallest absolute Gasteiger partial charge is 0.335 e. The standard InChI is InChI=1S/C19H24N2O5/c22-17(8-7-14-4-1-2-5-15(14)19(24)25)20-9-11-21(12-10-20)18(23)16-6-3-13-26-16/h1-2,4-5,16H,3,6-13H2,(H,24,25). The van der Waals surface area contributed by atoms with Crippen LogP contribution in [0.1, 0.15) is 35.2 Å². The number of piperazine rings is 1. The normalized spacial score (nSPS) is 20.2. The minimum Gasteiger partial charge on any atom is -0.478 e. The van der Waals surface area contributed by atoms with Gasteiger partial charge in [0.1, 0.15) is 6.10 Å². The Hall–Kier alpha value is -2.41. The largest absolute Gasteiger partial charge is 0.478 e. The van der Waals surface area contributed by atoms with Crippen LogP contribution in [0.2, 0.25) is 0 Å². The molecule has 2 saturated heterocycles. The molecule has 2 aliphatic heterocycles. The summed E-state index contributed by atoms with van der Waals surface area (Å²) >= 11 is 0. The molecule has 7 heteroatoms. The van der Waals surface area contributed by atoms with Crippen molar-refractivity contribution in [3.8, 4) is 0 Å². The average Bonchev–Trinajstić information content (AvgIpc) is 3.20. The zero-order valence-corrected chi connectivity index (χ0v) is 14.7. The Labute approximate surface area is 152 Å². The van der Waals surface area contributed by atoms with E-state index in [1.807, 2.05) is 0 Å². The van der Waals surface area contributed by atoms with E-state index >= 15 is 0 Å². The van der Waals surface area contributed by atoms with Crippen LogP contribution >= 0.6 is 0 Å². The van der Waals surface area contributed by atoms with Crippen LogP contribution < -0.4 is 0 Å². The molecule has 7 nitrogen and oxygen atoms in total. The van der Waals surface area contributed by atoms with E-state index in [2.05, 4.69) is 0 Å². The van der Waals surface area contributed by atoms with Gasteiger partial charge in [-0.2, -0.15) is 0 Å². The predicted octanol–water partition coefficient (Wildman–Crippen LogP) is 1.17. The third kappa shape index (κ3) is 4.22. The van der Waals surface area contributed by atoms with Crippen molar-refractivity contribution in [1.29, 1.82) is 0 Å². The molecule has 2 aliphatic rings. The highest BCUT2D eigenvalue weighted by atomic mass is 16.5. The number of nitrogens with zero attached hydrogens (tertiary/aromatic N) is 2. The fourth-order valence-corrected chi connectivity index (χ4v) is 3.50. The number of carboxylic acid groups (broad SMARTS) is 1.